The average molecular weight is 1040 g/mol. The second kappa shape index (κ2) is 21.6. The van der Waals surface area contributed by atoms with E-state index in [9.17, 15) is 92.7 Å². The van der Waals surface area contributed by atoms with E-state index < -0.39 is 189 Å². The van der Waals surface area contributed by atoms with E-state index in [-0.39, 0.29) is 0 Å². The number of carboxylic acids is 2. The molecule has 4 rings (SSSR count). The first-order valence-electron chi connectivity index (χ1n) is 17.7. The highest BCUT2D eigenvalue weighted by Crippen LogP contribution is 2.35. The van der Waals surface area contributed by atoms with Crippen LogP contribution in [0.15, 0.2) is 0 Å². The summed E-state index contributed by atoms with van der Waals surface area (Å²) in [4.78, 5) is 24.5. The third-order valence-electron chi connectivity index (χ3n) is 9.60. The molecule has 20 atom stereocenters. The molecule has 39 heteroatoms. The molecule has 0 aliphatic carbocycles. The summed E-state index contributed by atoms with van der Waals surface area (Å²) in [6, 6.07) is -4.15. The van der Waals surface area contributed by atoms with Crippen LogP contribution in [0.4, 0.5) is 0 Å². The molecule has 0 aromatic rings. The molecule has 0 bridgehead atoms. The molecule has 65 heavy (non-hydrogen) atoms. The predicted octanol–water partition coefficient (Wildman–Crippen LogP) is -9.41. The molecule has 12 unspecified atom stereocenters. The van der Waals surface area contributed by atoms with Crippen molar-refractivity contribution in [2.45, 2.75) is 123 Å². The largest absolute Gasteiger partial charge is 0.479 e. The van der Waals surface area contributed by atoms with Gasteiger partial charge in [-0.05, 0) is 0 Å². The molecule has 0 aromatic heterocycles. The molecular weight excluding hydrogens is 997 g/mol. The minimum Gasteiger partial charge on any atom is -0.479 e. The van der Waals surface area contributed by atoms with Crippen LogP contribution in [0.1, 0.15) is 0 Å². The molecular formula is C26H44N2O33S4. The van der Waals surface area contributed by atoms with Gasteiger partial charge >= 0.3 is 53.4 Å². The lowest BCUT2D eigenvalue weighted by atomic mass is 9.94. The highest BCUT2D eigenvalue weighted by Gasteiger charge is 2.58. The Morgan fingerprint density at radius 2 is 1.00 bits per heavy atom. The van der Waals surface area contributed by atoms with Gasteiger partial charge in [-0.15, -0.1) is 0 Å². The Morgan fingerprint density at radius 3 is 1.46 bits per heavy atom. The van der Waals surface area contributed by atoms with Gasteiger partial charge in [0.1, 0.15) is 73.2 Å². The Kier molecular flexibility index (Phi) is 18.4. The predicted molar refractivity (Wildman–Crippen MR) is 190 cm³/mol. The first kappa shape index (κ1) is 55.4. The van der Waals surface area contributed by atoms with Gasteiger partial charge in [-0.2, -0.15) is 38.4 Å². The van der Waals surface area contributed by atoms with Crippen LogP contribution in [0.2, 0.25) is 0 Å². The fraction of sp³-hybridized carbons (Fsp3) is 0.923. The summed E-state index contributed by atoms with van der Waals surface area (Å²) < 4.78 is 191. The fourth-order valence-electron chi connectivity index (χ4n) is 6.80. The Bertz CT molecular complexity index is 2100. The molecule has 380 valence electrons. The first-order chi connectivity index (χ1) is 29.8. The van der Waals surface area contributed by atoms with Crippen molar-refractivity contribution in [3.05, 3.63) is 0 Å². The third-order valence-corrected chi connectivity index (χ3v) is 11.5. The van der Waals surface area contributed by atoms with Crippen LogP contribution in [0.5, 0.6) is 0 Å². The topological polar surface area (TPSA) is 542 Å². The summed E-state index contributed by atoms with van der Waals surface area (Å²) in [5.41, 5.74) is 6.08. The molecule has 0 amide bonds. The number of hydrogen-bond donors (Lipinski definition) is 13. The number of nitrogens with two attached hydrogens (primary N) is 1. The molecule has 0 radical (unpaired) electrons. The zero-order valence-electron chi connectivity index (χ0n) is 32.6. The normalized spacial score (nSPS) is 41.2. The lowest BCUT2D eigenvalue weighted by molar-refractivity contribution is -0.369. The lowest BCUT2D eigenvalue weighted by Crippen LogP contribution is -2.70. The van der Waals surface area contributed by atoms with Crippen molar-refractivity contribution >= 4 is 53.4 Å². The second-order valence-electron chi connectivity index (χ2n) is 13.9. The molecule has 4 aliphatic rings. The number of aliphatic hydroxyl groups excluding tert-OH is 5. The fourth-order valence-corrected chi connectivity index (χ4v) is 8.49. The van der Waals surface area contributed by atoms with Gasteiger partial charge in [-0.1, -0.05) is 0 Å². The molecule has 14 N–H and O–H groups in total. The summed E-state index contributed by atoms with van der Waals surface area (Å²) in [7, 11) is -19.7. The van der Waals surface area contributed by atoms with Crippen LogP contribution in [-0.2, 0) is 106 Å². The number of rotatable bonds is 20. The van der Waals surface area contributed by atoms with Crippen molar-refractivity contribution in [3.63, 3.8) is 0 Å². The summed E-state index contributed by atoms with van der Waals surface area (Å²) in [5, 5.41) is 75.2. The maximum Gasteiger partial charge on any atom is 0.397 e. The van der Waals surface area contributed by atoms with Gasteiger partial charge in [-0.25, -0.2) is 22.1 Å². The highest BCUT2D eigenvalue weighted by molar-refractivity contribution is 7.83. The van der Waals surface area contributed by atoms with Crippen LogP contribution in [0.3, 0.4) is 0 Å². The average Bonchev–Trinajstić information content (AvgIpc) is 3.16. The molecule has 4 aliphatic heterocycles. The van der Waals surface area contributed by atoms with Crippen LogP contribution >= 0.6 is 0 Å². The number of aliphatic hydroxyl groups is 5. The maximum absolute atomic E-state index is 12.5. The maximum atomic E-state index is 12.5. The van der Waals surface area contributed by atoms with Crippen molar-refractivity contribution < 1.29 is 152 Å². The quantitative estimate of drug-likeness (QED) is 0.0504. The van der Waals surface area contributed by atoms with E-state index in [1.54, 1.807) is 0 Å². The van der Waals surface area contributed by atoms with Crippen LogP contribution in [0, 0.1) is 0 Å². The van der Waals surface area contributed by atoms with Crippen molar-refractivity contribution in [3.8, 4) is 0 Å². The van der Waals surface area contributed by atoms with E-state index in [0.29, 0.717) is 0 Å². The molecule has 0 spiro atoms. The second-order valence-corrected chi connectivity index (χ2v) is 18.3. The minimum atomic E-state index is -5.56. The number of ether oxygens (including phenoxy) is 9. The monoisotopic (exact) mass is 1040 g/mol. The van der Waals surface area contributed by atoms with Crippen molar-refractivity contribution in [2.24, 2.45) is 5.73 Å². The summed E-state index contributed by atoms with van der Waals surface area (Å²) in [6.07, 6.45) is -41.5. The summed E-state index contributed by atoms with van der Waals surface area (Å²) >= 11 is 0. The minimum absolute atomic E-state index is 0.854. The van der Waals surface area contributed by atoms with Crippen molar-refractivity contribution in [2.75, 3.05) is 27.4 Å². The van der Waals surface area contributed by atoms with E-state index in [1.807, 2.05) is 0 Å². The summed E-state index contributed by atoms with van der Waals surface area (Å²) in [6.45, 7) is -2.72. The van der Waals surface area contributed by atoms with Gasteiger partial charge in [0.05, 0.1) is 19.3 Å². The molecule has 4 saturated heterocycles. The van der Waals surface area contributed by atoms with Crippen LogP contribution in [0.25, 0.3) is 0 Å². The number of carbonyl (C=O) groups is 2. The van der Waals surface area contributed by atoms with E-state index >= 15 is 0 Å². The molecule has 4 heterocycles. The van der Waals surface area contributed by atoms with Crippen molar-refractivity contribution in [1.82, 2.24) is 4.72 Å². The Morgan fingerprint density at radius 1 is 0.538 bits per heavy atom. The van der Waals surface area contributed by atoms with E-state index in [2.05, 4.69) is 12.5 Å². The zero-order chi connectivity index (χ0) is 49.3. The summed E-state index contributed by atoms with van der Waals surface area (Å²) in [5.74, 6) is -3.93. The van der Waals surface area contributed by atoms with Gasteiger partial charge < -0.3 is 84.1 Å². The van der Waals surface area contributed by atoms with Crippen molar-refractivity contribution in [1.29, 1.82) is 0 Å². The number of nitrogens with one attached hydrogen (secondary N) is 1. The standard InChI is InChI=1S/C26H44N2O33S4/c1-50-16-13(33)18(61-65(47,48)49)26(60-19(16)21(34)35)57-14-5(3-52-63(41,42)43)54-23(7(27)9(14)29)58-17-11(31)12(32)25(59-20(17)22(36)37)56-15-6(4-53-64(44,45)46)55-24(51-2)8(10(15)30)28-62(38,39)40/h5-20,23-26,28-33H,3-4,27H2,1-2H3,(H,34,35)(H,36,37)(H,38,39,40)(H,41,42,43)(H,44,45,46)(H,47,48,49)/t5?,6?,7?,8?,9-,10-,11-,12?,13+,14?,15?,16?,17?,18?,19?,20?,23+,24-,25-,26-/m1/s1. The Hall–Kier alpha value is -2.18. The Balaban J connectivity index is 1.63. The lowest BCUT2D eigenvalue weighted by Gasteiger charge is -2.49. The van der Waals surface area contributed by atoms with Crippen LogP contribution < -0.4 is 10.5 Å². The molecule has 0 saturated carbocycles. The van der Waals surface area contributed by atoms with Gasteiger partial charge in [-0.3, -0.25) is 18.2 Å². The molecule has 0 aromatic carbocycles. The molecule has 4 fully saturated rings. The first-order valence-corrected chi connectivity index (χ1v) is 23.2. The van der Waals surface area contributed by atoms with Gasteiger partial charge in [0.2, 0.25) is 0 Å². The number of aliphatic carboxylic acids is 2. The van der Waals surface area contributed by atoms with Crippen LogP contribution in [-0.4, -0.2) is 250 Å². The van der Waals surface area contributed by atoms with Gasteiger partial charge in [0, 0.05) is 14.2 Å². The smallest absolute Gasteiger partial charge is 0.397 e. The van der Waals surface area contributed by atoms with Gasteiger partial charge in [0.25, 0.3) is 0 Å². The zero-order valence-corrected chi connectivity index (χ0v) is 35.8. The van der Waals surface area contributed by atoms with E-state index in [1.165, 1.54) is 4.72 Å². The number of hydrogen-bond acceptors (Lipinski definition) is 28. The Labute approximate surface area is 365 Å². The third kappa shape index (κ3) is 14.4. The van der Waals surface area contributed by atoms with E-state index in [0.717, 1.165) is 14.2 Å². The number of carboxylic acid groups (broad SMARTS) is 2. The number of methoxy groups -OCH3 is 2. The molecule has 35 nitrogen and oxygen atoms in total. The van der Waals surface area contributed by atoms with E-state index in [4.69, 9.17) is 52.9 Å². The van der Waals surface area contributed by atoms with Gasteiger partial charge in [0.15, 0.2) is 43.5 Å². The SMILES string of the molecule is COC1C(C(=O)O)O[C@@H](OC2C(COS(=O)(=O)O)O[C@@H](OC3C(C(=O)O)O[C@@H](OC4C(COS(=O)(=O)O)O[C@@H](OC)C(NS(=O)(=O)O)[C@H]4O)C(O)[C@H]3O)C(N)[C@H]2O)C(OS(=O)(=O)O)[C@H]1O. The highest BCUT2D eigenvalue weighted by atomic mass is 32.3.